The maximum absolute atomic E-state index is 5.89. The van der Waals surface area contributed by atoms with E-state index in [-0.39, 0.29) is 0 Å². The molecule has 0 amide bonds. The quantitative estimate of drug-likeness (QED) is 0.825. The van der Waals surface area contributed by atoms with Crippen LogP contribution in [0, 0.1) is 6.92 Å². The van der Waals surface area contributed by atoms with E-state index in [4.69, 9.17) is 4.42 Å². The molecule has 1 aromatic carbocycles. The van der Waals surface area contributed by atoms with Crippen molar-refractivity contribution in [2.75, 3.05) is 13.1 Å². The highest BCUT2D eigenvalue weighted by Gasteiger charge is 2.28. The Hall–Kier alpha value is -1.54. The van der Waals surface area contributed by atoms with Gasteiger partial charge < -0.3 is 4.42 Å². The molecule has 0 fully saturated rings. The molecule has 1 aromatic heterocycles. The number of hydrogen-bond acceptors (Lipinski definition) is 2. The fraction of sp³-hybridized carbons (Fsp3) is 0.412. The molecule has 1 unspecified atom stereocenters. The van der Waals surface area contributed by atoms with Crippen LogP contribution in [0.1, 0.15) is 41.9 Å². The molecular formula is C17H21NO. The molecule has 3 rings (SSSR count). The van der Waals surface area contributed by atoms with E-state index in [1.54, 1.807) is 0 Å². The Morgan fingerprint density at radius 1 is 1.26 bits per heavy atom. The SMILES string of the molecule is CCCN1Cc2oc(C)cc2C(c2ccccc2)C1. The molecule has 0 N–H and O–H groups in total. The summed E-state index contributed by atoms with van der Waals surface area (Å²) < 4.78 is 5.89. The highest BCUT2D eigenvalue weighted by atomic mass is 16.3. The van der Waals surface area contributed by atoms with Gasteiger partial charge in [0.25, 0.3) is 0 Å². The van der Waals surface area contributed by atoms with Crippen molar-refractivity contribution in [2.24, 2.45) is 0 Å². The Morgan fingerprint density at radius 2 is 2.05 bits per heavy atom. The predicted molar refractivity (Wildman–Crippen MR) is 77.3 cm³/mol. The number of furan rings is 1. The second-order valence-electron chi connectivity index (χ2n) is 5.43. The highest BCUT2D eigenvalue weighted by molar-refractivity contribution is 5.37. The van der Waals surface area contributed by atoms with Crippen molar-refractivity contribution in [3.63, 3.8) is 0 Å². The molecule has 0 aliphatic carbocycles. The summed E-state index contributed by atoms with van der Waals surface area (Å²) in [5.41, 5.74) is 2.78. The topological polar surface area (TPSA) is 16.4 Å². The largest absolute Gasteiger partial charge is 0.465 e. The molecule has 1 aliphatic rings. The fourth-order valence-electron chi connectivity index (χ4n) is 3.08. The monoisotopic (exact) mass is 255 g/mol. The van der Waals surface area contributed by atoms with Crippen LogP contribution in [0.2, 0.25) is 0 Å². The molecule has 2 aromatic rings. The molecule has 0 saturated heterocycles. The van der Waals surface area contributed by atoms with Crippen molar-refractivity contribution < 1.29 is 4.42 Å². The molecule has 0 saturated carbocycles. The van der Waals surface area contributed by atoms with E-state index in [2.05, 4.69) is 48.2 Å². The molecule has 0 radical (unpaired) electrons. The van der Waals surface area contributed by atoms with Gasteiger partial charge in [-0.1, -0.05) is 37.3 Å². The first-order chi connectivity index (χ1) is 9.28. The number of aryl methyl sites for hydroxylation is 1. The zero-order valence-electron chi connectivity index (χ0n) is 11.7. The summed E-state index contributed by atoms with van der Waals surface area (Å²) in [6, 6.07) is 13.0. The number of benzene rings is 1. The first kappa shape index (κ1) is 12.5. The molecule has 2 heterocycles. The lowest BCUT2D eigenvalue weighted by molar-refractivity contribution is 0.216. The first-order valence-electron chi connectivity index (χ1n) is 7.14. The van der Waals surface area contributed by atoms with Crippen LogP contribution in [0.25, 0.3) is 0 Å². The lowest BCUT2D eigenvalue weighted by Gasteiger charge is -2.32. The second-order valence-corrected chi connectivity index (χ2v) is 5.43. The summed E-state index contributed by atoms with van der Waals surface area (Å²) in [5, 5.41) is 0. The predicted octanol–water partition coefficient (Wildman–Crippen LogP) is 3.95. The minimum atomic E-state index is 0.453. The van der Waals surface area contributed by atoms with Gasteiger partial charge in [-0.3, -0.25) is 4.90 Å². The zero-order chi connectivity index (χ0) is 13.2. The van der Waals surface area contributed by atoms with Gasteiger partial charge >= 0.3 is 0 Å². The average molecular weight is 255 g/mol. The minimum absolute atomic E-state index is 0.453. The lowest BCUT2D eigenvalue weighted by Crippen LogP contribution is -2.33. The summed E-state index contributed by atoms with van der Waals surface area (Å²) in [5.74, 6) is 2.64. The Kier molecular flexibility index (Phi) is 3.43. The van der Waals surface area contributed by atoms with Crippen molar-refractivity contribution in [2.45, 2.75) is 32.7 Å². The number of rotatable bonds is 3. The number of fused-ring (bicyclic) bond motifs is 1. The van der Waals surface area contributed by atoms with Gasteiger partial charge in [-0.2, -0.15) is 0 Å². The fourth-order valence-corrected chi connectivity index (χ4v) is 3.08. The van der Waals surface area contributed by atoms with Crippen molar-refractivity contribution in [3.8, 4) is 0 Å². The summed E-state index contributed by atoms with van der Waals surface area (Å²) in [6.07, 6.45) is 1.19. The van der Waals surface area contributed by atoms with E-state index in [1.807, 2.05) is 6.92 Å². The van der Waals surface area contributed by atoms with Crippen LogP contribution in [0.4, 0.5) is 0 Å². The second kappa shape index (κ2) is 5.22. The summed E-state index contributed by atoms with van der Waals surface area (Å²) in [4.78, 5) is 2.50. The Labute approximate surface area is 115 Å². The van der Waals surface area contributed by atoms with Crippen molar-refractivity contribution >= 4 is 0 Å². The third-order valence-electron chi connectivity index (χ3n) is 3.89. The van der Waals surface area contributed by atoms with Gasteiger partial charge in [-0.25, -0.2) is 0 Å². The maximum Gasteiger partial charge on any atom is 0.122 e. The molecule has 1 aliphatic heterocycles. The van der Waals surface area contributed by atoms with Gasteiger partial charge in [0.2, 0.25) is 0 Å². The number of hydrogen-bond donors (Lipinski definition) is 0. The summed E-state index contributed by atoms with van der Waals surface area (Å²) in [7, 11) is 0. The summed E-state index contributed by atoms with van der Waals surface area (Å²) in [6.45, 7) is 7.48. The van der Waals surface area contributed by atoms with Gasteiger partial charge in [0.1, 0.15) is 11.5 Å². The van der Waals surface area contributed by atoms with Crippen LogP contribution < -0.4 is 0 Å². The van der Waals surface area contributed by atoms with Crippen LogP contribution in [-0.2, 0) is 6.54 Å². The standard InChI is InChI=1S/C17H21NO/c1-3-9-18-11-16(14-7-5-4-6-8-14)15-10-13(2)19-17(15)12-18/h4-8,10,16H,3,9,11-12H2,1-2H3. The van der Waals surface area contributed by atoms with Crippen molar-refractivity contribution in [1.82, 2.24) is 4.90 Å². The lowest BCUT2D eigenvalue weighted by atomic mass is 9.88. The van der Waals surface area contributed by atoms with Gasteiger partial charge in [0.05, 0.1) is 6.54 Å². The smallest absolute Gasteiger partial charge is 0.122 e. The van der Waals surface area contributed by atoms with Crippen LogP contribution in [0.3, 0.4) is 0 Å². The van der Waals surface area contributed by atoms with E-state index < -0.39 is 0 Å². The molecular weight excluding hydrogens is 234 g/mol. The normalized spacial score (nSPS) is 19.4. The first-order valence-corrected chi connectivity index (χ1v) is 7.14. The molecule has 1 atom stereocenters. The van der Waals surface area contributed by atoms with Gasteiger partial charge in [0.15, 0.2) is 0 Å². The van der Waals surface area contributed by atoms with Gasteiger partial charge in [0, 0.05) is 18.0 Å². The third-order valence-corrected chi connectivity index (χ3v) is 3.89. The van der Waals surface area contributed by atoms with Crippen LogP contribution in [0.5, 0.6) is 0 Å². The van der Waals surface area contributed by atoms with E-state index in [0.29, 0.717) is 5.92 Å². The van der Waals surface area contributed by atoms with Crippen molar-refractivity contribution in [3.05, 3.63) is 59.0 Å². The van der Waals surface area contributed by atoms with Gasteiger partial charge in [-0.15, -0.1) is 0 Å². The van der Waals surface area contributed by atoms with Crippen molar-refractivity contribution in [1.29, 1.82) is 0 Å². The summed E-state index contributed by atoms with van der Waals surface area (Å²) >= 11 is 0. The maximum atomic E-state index is 5.89. The van der Waals surface area contributed by atoms with E-state index >= 15 is 0 Å². The van der Waals surface area contributed by atoms with E-state index in [1.165, 1.54) is 17.5 Å². The zero-order valence-corrected chi connectivity index (χ0v) is 11.7. The molecule has 100 valence electrons. The Bertz CT molecular complexity index is 544. The third kappa shape index (κ3) is 2.45. The molecule has 0 bridgehead atoms. The Morgan fingerprint density at radius 3 is 2.79 bits per heavy atom. The number of nitrogens with zero attached hydrogens (tertiary/aromatic N) is 1. The molecule has 19 heavy (non-hydrogen) atoms. The highest BCUT2D eigenvalue weighted by Crippen LogP contribution is 2.35. The van der Waals surface area contributed by atoms with Gasteiger partial charge in [-0.05, 0) is 31.5 Å². The van der Waals surface area contributed by atoms with Crippen LogP contribution in [-0.4, -0.2) is 18.0 Å². The Balaban J connectivity index is 1.98. The average Bonchev–Trinajstić information content (AvgIpc) is 2.79. The van der Waals surface area contributed by atoms with E-state index in [9.17, 15) is 0 Å². The van der Waals surface area contributed by atoms with Crippen LogP contribution >= 0.6 is 0 Å². The molecule has 0 spiro atoms. The van der Waals surface area contributed by atoms with E-state index in [0.717, 1.165) is 31.2 Å². The minimum Gasteiger partial charge on any atom is -0.465 e. The molecule has 2 nitrogen and oxygen atoms in total. The van der Waals surface area contributed by atoms with Crippen LogP contribution in [0.15, 0.2) is 40.8 Å². The molecule has 2 heteroatoms.